The number of aliphatic hydroxyl groups is 1. The number of benzene rings is 1. The van der Waals surface area contributed by atoms with E-state index in [1.54, 1.807) is 14.1 Å². The monoisotopic (exact) mass is 292 g/mol. The second-order valence-corrected chi connectivity index (χ2v) is 5.35. The lowest BCUT2D eigenvalue weighted by molar-refractivity contribution is -0.115. The Balaban J connectivity index is 0.000000555. The number of primary sulfonamides is 1. The van der Waals surface area contributed by atoms with Gasteiger partial charge < -0.3 is 10.0 Å². The molecule has 6 nitrogen and oxygen atoms in total. The van der Waals surface area contributed by atoms with Crippen LogP contribution in [0.1, 0.15) is 11.7 Å². The van der Waals surface area contributed by atoms with Crippen LogP contribution in [0.2, 0.25) is 0 Å². The van der Waals surface area contributed by atoms with Crippen molar-refractivity contribution in [2.24, 2.45) is 5.14 Å². The summed E-state index contributed by atoms with van der Waals surface area (Å²) in [6, 6.07) is 5.50. The Morgan fingerprint density at radius 2 is 1.89 bits per heavy atom. The Hall–Kier alpha value is -1.51. The summed E-state index contributed by atoms with van der Waals surface area (Å²) >= 11 is 0. The third kappa shape index (κ3) is 6.27. The van der Waals surface area contributed by atoms with Crippen molar-refractivity contribution in [1.82, 2.24) is 4.90 Å². The summed E-state index contributed by atoms with van der Waals surface area (Å²) in [5.41, 5.74) is -0.0162. The van der Waals surface area contributed by atoms with E-state index >= 15 is 0 Å². The fourth-order valence-electron chi connectivity index (χ4n) is 1.10. The van der Waals surface area contributed by atoms with Crippen LogP contribution in [0.25, 0.3) is 0 Å². The molecule has 1 rings (SSSR count). The second kappa shape index (κ2) is 7.82. The molecular formula is C11H17FN2O4S. The molecule has 0 radical (unpaired) electrons. The molecule has 0 fully saturated rings. The summed E-state index contributed by atoms with van der Waals surface area (Å²) in [6.07, 6.45) is -0.704. The fourth-order valence-corrected chi connectivity index (χ4v) is 1.90. The lowest BCUT2D eigenvalue weighted by Crippen LogP contribution is -2.16. The zero-order chi connectivity index (χ0) is 15.1. The minimum absolute atomic E-state index is 0.0162. The Bertz CT molecular complexity index is 505. The van der Waals surface area contributed by atoms with Crippen LogP contribution in [0, 0.1) is 0 Å². The van der Waals surface area contributed by atoms with Crippen molar-refractivity contribution in [3.05, 3.63) is 29.8 Å². The van der Waals surface area contributed by atoms with E-state index in [4.69, 9.17) is 5.14 Å². The van der Waals surface area contributed by atoms with E-state index in [0.29, 0.717) is 0 Å². The molecule has 0 aliphatic heterocycles. The predicted molar refractivity (Wildman–Crippen MR) is 68.5 cm³/mol. The average Bonchev–Trinajstić information content (AvgIpc) is 2.37. The number of hydrogen-bond acceptors (Lipinski definition) is 4. The van der Waals surface area contributed by atoms with Gasteiger partial charge in [0.2, 0.25) is 16.4 Å². The van der Waals surface area contributed by atoms with Crippen LogP contribution in [0.5, 0.6) is 0 Å². The van der Waals surface area contributed by atoms with Crippen LogP contribution in [-0.4, -0.2) is 45.6 Å². The van der Waals surface area contributed by atoms with E-state index in [9.17, 15) is 22.7 Å². The number of nitrogens with two attached hydrogens (primary N) is 1. The second-order valence-electron chi connectivity index (χ2n) is 3.82. The van der Waals surface area contributed by atoms with E-state index in [-0.39, 0.29) is 10.5 Å². The zero-order valence-electron chi connectivity index (χ0n) is 10.7. The van der Waals surface area contributed by atoms with Gasteiger partial charge in [-0.1, -0.05) is 18.2 Å². The molecule has 0 saturated heterocycles. The highest BCUT2D eigenvalue weighted by Crippen LogP contribution is 2.21. The standard InChI is InChI=1S/C8H10FNO3S.C3H7NO/c9-5-7(11)6-3-1-2-4-8(6)14(10,12)13;1-4(2)3-5/h1-4,7,11H,5H2,(H2,10,12,13);3H,1-2H3. The van der Waals surface area contributed by atoms with Gasteiger partial charge in [0.05, 0.1) is 4.90 Å². The minimum Gasteiger partial charge on any atom is -0.386 e. The maximum atomic E-state index is 12.2. The van der Waals surface area contributed by atoms with Crippen molar-refractivity contribution in [1.29, 1.82) is 0 Å². The summed E-state index contributed by atoms with van der Waals surface area (Å²) < 4.78 is 34.2. The van der Waals surface area contributed by atoms with Crippen LogP contribution >= 0.6 is 0 Å². The first-order chi connectivity index (χ1) is 8.73. The van der Waals surface area contributed by atoms with Crippen LogP contribution < -0.4 is 5.14 Å². The molecule has 0 saturated carbocycles. The normalized spacial score (nSPS) is 12.1. The Morgan fingerprint density at radius 1 is 1.42 bits per heavy atom. The first kappa shape index (κ1) is 17.5. The molecule has 3 N–H and O–H groups in total. The zero-order valence-corrected chi connectivity index (χ0v) is 11.5. The van der Waals surface area contributed by atoms with Gasteiger partial charge in [-0.15, -0.1) is 0 Å². The van der Waals surface area contributed by atoms with Crippen LogP contribution in [0.4, 0.5) is 4.39 Å². The first-order valence-corrected chi connectivity index (χ1v) is 6.76. The van der Waals surface area contributed by atoms with Gasteiger partial charge >= 0.3 is 0 Å². The minimum atomic E-state index is -3.92. The maximum Gasteiger partial charge on any atom is 0.238 e. The molecular weight excluding hydrogens is 275 g/mol. The van der Waals surface area contributed by atoms with Gasteiger partial charge in [-0.2, -0.15) is 0 Å². The Kier molecular flexibility index (Phi) is 7.20. The first-order valence-electron chi connectivity index (χ1n) is 5.21. The predicted octanol–water partition coefficient (Wildman–Crippen LogP) is 0.0413. The van der Waals surface area contributed by atoms with Gasteiger partial charge in [0.1, 0.15) is 12.8 Å². The van der Waals surface area contributed by atoms with Gasteiger partial charge in [0, 0.05) is 19.7 Å². The molecule has 1 unspecified atom stereocenters. The molecule has 0 bridgehead atoms. The topological polar surface area (TPSA) is 101 Å². The molecule has 0 spiro atoms. The number of rotatable bonds is 4. The number of halogens is 1. The third-order valence-electron chi connectivity index (χ3n) is 1.94. The lowest BCUT2D eigenvalue weighted by Gasteiger charge is -2.10. The number of alkyl halides is 1. The van der Waals surface area contributed by atoms with Crippen molar-refractivity contribution >= 4 is 16.4 Å². The highest BCUT2D eigenvalue weighted by Gasteiger charge is 2.18. The Morgan fingerprint density at radius 3 is 2.26 bits per heavy atom. The van der Waals surface area contributed by atoms with Gasteiger partial charge in [0.15, 0.2) is 0 Å². The largest absolute Gasteiger partial charge is 0.386 e. The third-order valence-corrected chi connectivity index (χ3v) is 2.93. The maximum absolute atomic E-state index is 12.2. The molecule has 1 aromatic carbocycles. The van der Waals surface area contributed by atoms with Gasteiger partial charge in [-0.05, 0) is 6.07 Å². The summed E-state index contributed by atoms with van der Waals surface area (Å²) in [5.74, 6) is 0. The van der Waals surface area contributed by atoms with Gasteiger partial charge in [-0.25, -0.2) is 17.9 Å². The van der Waals surface area contributed by atoms with E-state index < -0.39 is 22.8 Å². The van der Waals surface area contributed by atoms with Crippen molar-refractivity contribution in [2.75, 3.05) is 20.8 Å². The van der Waals surface area contributed by atoms with E-state index in [1.807, 2.05) is 0 Å². The summed E-state index contributed by atoms with van der Waals surface area (Å²) in [5, 5.41) is 14.1. The van der Waals surface area contributed by atoms with Crippen LogP contribution in [-0.2, 0) is 14.8 Å². The number of carbonyl (C=O) groups is 1. The highest BCUT2D eigenvalue weighted by molar-refractivity contribution is 7.89. The molecule has 0 aliphatic carbocycles. The summed E-state index contributed by atoms with van der Waals surface area (Å²) in [6.45, 7) is -1.05. The quantitative estimate of drug-likeness (QED) is 0.765. The van der Waals surface area contributed by atoms with Crippen molar-refractivity contribution in [3.8, 4) is 0 Å². The lowest BCUT2D eigenvalue weighted by atomic mass is 10.1. The molecule has 8 heteroatoms. The molecule has 0 aliphatic rings. The number of nitrogens with zero attached hydrogens (tertiary/aromatic N) is 1. The average molecular weight is 292 g/mol. The molecule has 108 valence electrons. The number of hydrogen-bond donors (Lipinski definition) is 2. The highest BCUT2D eigenvalue weighted by atomic mass is 32.2. The summed E-state index contributed by atoms with van der Waals surface area (Å²) in [7, 11) is -0.540. The molecule has 0 heterocycles. The number of sulfonamides is 1. The molecule has 1 aromatic rings. The Labute approximate surface area is 111 Å². The summed E-state index contributed by atoms with van der Waals surface area (Å²) in [4.78, 5) is 10.6. The number of aliphatic hydroxyl groups excluding tert-OH is 1. The fraction of sp³-hybridized carbons (Fsp3) is 0.364. The number of amides is 1. The van der Waals surface area contributed by atoms with Crippen molar-refractivity contribution in [2.45, 2.75) is 11.0 Å². The van der Waals surface area contributed by atoms with Gasteiger partial charge in [0.25, 0.3) is 0 Å². The van der Waals surface area contributed by atoms with E-state index in [0.717, 1.165) is 6.41 Å². The number of carbonyl (C=O) groups excluding carboxylic acids is 1. The van der Waals surface area contributed by atoms with Crippen LogP contribution in [0.3, 0.4) is 0 Å². The van der Waals surface area contributed by atoms with Crippen molar-refractivity contribution < 1.29 is 22.7 Å². The molecule has 0 aromatic heterocycles. The van der Waals surface area contributed by atoms with Crippen molar-refractivity contribution in [3.63, 3.8) is 0 Å². The molecule has 1 amide bonds. The van der Waals surface area contributed by atoms with E-state index in [2.05, 4.69) is 0 Å². The molecule has 19 heavy (non-hydrogen) atoms. The van der Waals surface area contributed by atoms with E-state index in [1.165, 1.54) is 29.2 Å². The SMILES string of the molecule is CN(C)C=O.NS(=O)(=O)c1ccccc1C(O)CF. The molecule has 1 atom stereocenters. The smallest absolute Gasteiger partial charge is 0.238 e. The van der Waals surface area contributed by atoms with Crippen LogP contribution in [0.15, 0.2) is 29.2 Å². The van der Waals surface area contributed by atoms with Gasteiger partial charge in [-0.3, -0.25) is 4.79 Å².